The molecule has 3 aliphatic rings. The van der Waals surface area contributed by atoms with Crippen molar-refractivity contribution >= 4 is 34.5 Å². The summed E-state index contributed by atoms with van der Waals surface area (Å²) in [6, 6.07) is 5.21. The summed E-state index contributed by atoms with van der Waals surface area (Å²) in [7, 11) is 0. The van der Waals surface area contributed by atoms with E-state index >= 15 is 0 Å². The van der Waals surface area contributed by atoms with Crippen molar-refractivity contribution in [3.05, 3.63) is 81.3 Å². The zero-order valence-electron chi connectivity index (χ0n) is 26.7. The molecular weight excluding hydrogens is 645 g/mol. The number of aryl methyl sites for hydroxylation is 1. The van der Waals surface area contributed by atoms with E-state index in [-0.39, 0.29) is 60.6 Å². The fourth-order valence-electron chi connectivity index (χ4n) is 6.79. The molecule has 13 nitrogen and oxygen atoms in total. The van der Waals surface area contributed by atoms with E-state index in [1.807, 2.05) is 17.9 Å². The lowest BCUT2D eigenvalue weighted by atomic mass is 10.0. The van der Waals surface area contributed by atoms with E-state index in [1.165, 1.54) is 35.8 Å². The van der Waals surface area contributed by atoms with Crippen molar-refractivity contribution in [1.82, 2.24) is 29.0 Å². The monoisotopic (exact) mass is 678 g/mol. The number of rotatable bonds is 5. The highest BCUT2D eigenvalue weighted by Gasteiger charge is 2.41. The van der Waals surface area contributed by atoms with Gasteiger partial charge >= 0.3 is 6.18 Å². The van der Waals surface area contributed by atoms with Gasteiger partial charge in [0.15, 0.2) is 11.5 Å². The molecule has 16 heteroatoms. The highest BCUT2D eigenvalue weighted by molar-refractivity contribution is 5.96. The number of benzene rings is 1. The van der Waals surface area contributed by atoms with Gasteiger partial charge in [-0.3, -0.25) is 19.0 Å². The lowest BCUT2D eigenvalue weighted by Gasteiger charge is -2.36. The van der Waals surface area contributed by atoms with Crippen LogP contribution in [0.2, 0.25) is 0 Å². The Labute approximate surface area is 277 Å². The number of carbonyl (C=O) groups is 2. The number of nitrogens with one attached hydrogen (secondary N) is 1. The van der Waals surface area contributed by atoms with Crippen molar-refractivity contribution in [3.63, 3.8) is 0 Å². The molecule has 1 fully saturated rings. The quantitative estimate of drug-likeness (QED) is 0.322. The Hall–Kier alpha value is -5.25. The van der Waals surface area contributed by atoms with Gasteiger partial charge in [0.25, 0.3) is 11.5 Å². The average molecular weight is 679 g/mol. The highest BCUT2D eigenvalue weighted by Crippen LogP contribution is 2.42. The van der Waals surface area contributed by atoms with E-state index in [4.69, 9.17) is 9.72 Å². The third-order valence-electron chi connectivity index (χ3n) is 9.29. The Morgan fingerprint density at radius 3 is 2.57 bits per heavy atom. The minimum Gasteiger partial charge on any atom is -0.505 e. The first-order chi connectivity index (χ1) is 23.4. The molecule has 49 heavy (non-hydrogen) atoms. The van der Waals surface area contributed by atoms with Gasteiger partial charge < -0.3 is 25.0 Å². The summed E-state index contributed by atoms with van der Waals surface area (Å²) < 4.78 is 48.3. The molecule has 0 bridgehead atoms. The summed E-state index contributed by atoms with van der Waals surface area (Å²) in [5.74, 6) is -0.878. The Kier molecular flexibility index (Phi) is 8.13. The van der Waals surface area contributed by atoms with Gasteiger partial charge in [0.05, 0.1) is 24.5 Å². The summed E-state index contributed by atoms with van der Waals surface area (Å²) in [5.41, 5.74) is 0.942. The summed E-state index contributed by atoms with van der Waals surface area (Å²) in [6.07, 6.45) is -0.401. The summed E-state index contributed by atoms with van der Waals surface area (Å²) >= 11 is 0. The number of carbonyl (C=O) groups excluding carboxylic acids is 2. The van der Waals surface area contributed by atoms with Gasteiger partial charge in [0, 0.05) is 44.0 Å². The van der Waals surface area contributed by atoms with Crippen molar-refractivity contribution in [2.45, 2.75) is 44.8 Å². The number of amides is 2. The molecule has 2 unspecified atom stereocenters. The maximum absolute atomic E-state index is 14.3. The Bertz CT molecular complexity index is 2070. The highest BCUT2D eigenvalue weighted by atomic mass is 19.4. The number of hydrogen-bond acceptors (Lipinski definition) is 9. The molecule has 7 rings (SSSR count). The molecule has 1 saturated heterocycles. The van der Waals surface area contributed by atoms with Crippen LogP contribution in [0.3, 0.4) is 0 Å². The number of aromatic nitrogens is 5. The minimum absolute atomic E-state index is 0.0540. The van der Waals surface area contributed by atoms with Crippen molar-refractivity contribution in [1.29, 1.82) is 0 Å². The number of aromatic hydroxyl groups is 1. The van der Waals surface area contributed by atoms with E-state index in [0.717, 1.165) is 17.7 Å². The second-order valence-corrected chi connectivity index (χ2v) is 12.4. The molecule has 4 aromatic rings. The van der Waals surface area contributed by atoms with Gasteiger partial charge in [-0.2, -0.15) is 22.7 Å². The zero-order chi connectivity index (χ0) is 34.6. The van der Waals surface area contributed by atoms with Crippen molar-refractivity contribution in [2.75, 3.05) is 49.6 Å². The zero-order valence-corrected chi connectivity index (χ0v) is 26.7. The topological polar surface area (TPSA) is 147 Å². The van der Waals surface area contributed by atoms with Gasteiger partial charge in [-0.05, 0) is 61.2 Å². The van der Waals surface area contributed by atoms with Crippen molar-refractivity contribution in [2.24, 2.45) is 0 Å². The number of nitrogens with zero attached hydrogens (tertiary/aromatic N) is 7. The summed E-state index contributed by atoms with van der Waals surface area (Å²) in [5, 5.41) is 17.6. The predicted octanol–water partition coefficient (Wildman–Crippen LogP) is 3.77. The lowest BCUT2D eigenvalue weighted by molar-refractivity contribution is -0.137. The molecular formula is C33H33F3N8O5. The van der Waals surface area contributed by atoms with E-state index in [9.17, 15) is 32.7 Å². The number of pyridine rings is 1. The van der Waals surface area contributed by atoms with Gasteiger partial charge in [-0.1, -0.05) is 13.0 Å². The van der Waals surface area contributed by atoms with Gasteiger partial charge in [0.2, 0.25) is 11.7 Å². The first-order valence-corrected chi connectivity index (χ1v) is 15.9. The van der Waals surface area contributed by atoms with E-state index in [1.54, 1.807) is 9.47 Å². The molecule has 256 valence electrons. The molecule has 0 aliphatic carbocycles. The number of halogens is 3. The molecule has 2 amide bonds. The molecule has 3 aliphatic heterocycles. The van der Waals surface area contributed by atoms with Gasteiger partial charge in [0.1, 0.15) is 17.5 Å². The largest absolute Gasteiger partial charge is 0.505 e. The first kappa shape index (κ1) is 32.3. The molecule has 0 radical (unpaired) electrons. The van der Waals surface area contributed by atoms with Crippen LogP contribution >= 0.6 is 0 Å². The second kappa shape index (κ2) is 12.3. The van der Waals surface area contributed by atoms with Crippen LogP contribution in [0.5, 0.6) is 5.75 Å². The number of piperazine rings is 1. The smallest absolute Gasteiger partial charge is 0.416 e. The lowest BCUT2D eigenvalue weighted by Crippen LogP contribution is -2.51. The minimum atomic E-state index is -4.52. The molecule has 6 heterocycles. The Morgan fingerprint density at radius 1 is 1.12 bits per heavy atom. The molecule has 0 saturated carbocycles. The normalized spacial score (nSPS) is 19.6. The van der Waals surface area contributed by atoms with Crippen LogP contribution in [0, 0.1) is 6.92 Å². The van der Waals surface area contributed by atoms with E-state index < -0.39 is 35.2 Å². The maximum Gasteiger partial charge on any atom is 0.416 e. The van der Waals surface area contributed by atoms with Crippen LogP contribution in [0.25, 0.3) is 11.4 Å². The summed E-state index contributed by atoms with van der Waals surface area (Å²) in [4.78, 5) is 53.6. The fourth-order valence-corrected chi connectivity index (χ4v) is 6.79. The molecule has 2 atom stereocenters. The molecule has 1 aromatic carbocycles. The second-order valence-electron chi connectivity index (χ2n) is 12.4. The van der Waals surface area contributed by atoms with Gasteiger partial charge in [-0.15, -0.1) is 5.10 Å². The number of anilines is 2. The van der Waals surface area contributed by atoms with E-state index in [0.29, 0.717) is 43.3 Å². The van der Waals surface area contributed by atoms with Gasteiger partial charge in [-0.25, -0.2) is 4.98 Å². The molecule has 2 N–H and O–H groups in total. The van der Waals surface area contributed by atoms with Crippen LogP contribution in [0.15, 0.2) is 47.4 Å². The van der Waals surface area contributed by atoms with Crippen molar-refractivity contribution in [3.8, 4) is 5.75 Å². The van der Waals surface area contributed by atoms with Crippen LogP contribution < -0.4 is 15.8 Å². The SMILES string of the molecule is Cc1cc(C(F)(F)F)ccc1NC(=O)C1CC(C)c2c(N3CCN(C(=O)c4ncccc4O)CC3)c(=O)n3nc(C4=CCOCC4)nc3n21. The van der Waals surface area contributed by atoms with E-state index in [2.05, 4.69) is 15.4 Å². The fraction of sp³-hybridized carbons (Fsp3) is 0.394. The number of fused-ring (bicyclic) bond motifs is 3. The number of ether oxygens (including phenoxy) is 1. The number of alkyl halides is 3. The summed E-state index contributed by atoms with van der Waals surface area (Å²) in [6.45, 7) is 5.30. The molecule has 0 spiro atoms. The molecule has 3 aromatic heterocycles. The van der Waals surface area contributed by atoms with Crippen LogP contribution in [-0.4, -0.2) is 85.4 Å². The predicted molar refractivity (Wildman–Crippen MR) is 172 cm³/mol. The third-order valence-corrected chi connectivity index (χ3v) is 9.29. The van der Waals surface area contributed by atoms with Crippen molar-refractivity contribution < 1.29 is 32.6 Å². The van der Waals surface area contributed by atoms with Crippen LogP contribution in [0.1, 0.15) is 64.9 Å². The number of hydrogen-bond donors (Lipinski definition) is 2. The maximum atomic E-state index is 14.3. The standard InChI is InChI=1S/C33H33F3N8O5/c1-18-16-21(33(34,35)36)5-6-22(18)38-29(46)23-17-19(2)26-27(41-10-12-42(13-11-41)30(47)25-24(45)4-3-9-37-25)31(48)44-32(43(23)26)39-28(40-44)20-7-14-49-15-8-20/h3-7,9,16,19,23,45H,8,10-15,17H2,1-2H3,(H,38,46). The third kappa shape index (κ3) is 5.79. The average Bonchev–Trinajstić information content (AvgIpc) is 3.68. The first-order valence-electron chi connectivity index (χ1n) is 15.9. The van der Waals surface area contributed by atoms with Crippen LogP contribution in [-0.2, 0) is 15.7 Å². The Balaban J connectivity index is 1.26. The Morgan fingerprint density at radius 2 is 1.90 bits per heavy atom. The van der Waals surface area contributed by atoms with Crippen LogP contribution in [0.4, 0.5) is 24.5 Å².